The molecule has 0 aliphatic heterocycles. The zero-order chi connectivity index (χ0) is 18.4. The van der Waals surface area contributed by atoms with E-state index in [-0.39, 0.29) is 18.3 Å². The van der Waals surface area contributed by atoms with Gasteiger partial charge >= 0.3 is 0 Å². The number of nitrogens with zero attached hydrogens (tertiary/aromatic N) is 3. The highest BCUT2D eigenvalue weighted by molar-refractivity contribution is 7.99. The molecular formula is C19H19FN4OS. The zero-order valence-corrected chi connectivity index (χ0v) is 15.2. The lowest BCUT2D eigenvalue weighted by Gasteiger charge is -2.06. The number of hydrogen-bond donors (Lipinski definition) is 1. The summed E-state index contributed by atoms with van der Waals surface area (Å²) in [6.45, 7) is 0.193. The van der Waals surface area contributed by atoms with E-state index in [1.165, 1.54) is 17.8 Å². The number of rotatable bonds is 7. The summed E-state index contributed by atoms with van der Waals surface area (Å²) >= 11 is 1.47. The fraction of sp³-hybridized carbons (Fsp3) is 0.211. The van der Waals surface area contributed by atoms with Gasteiger partial charge in [-0.05, 0) is 6.07 Å². The lowest BCUT2D eigenvalue weighted by atomic mass is 10.2. The van der Waals surface area contributed by atoms with E-state index in [0.29, 0.717) is 17.7 Å². The van der Waals surface area contributed by atoms with E-state index in [2.05, 4.69) is 15.5 Å². The second-order valence-corrected chi connectivity index (χ2v) is 6.76. The van der Waals surface area contributed by atoms with Gasteiger partial charge < -0.3 is 9.88 Å². The molecule has 0 aliphatic rings. The van der Waals surface area contributed by atoms with Crippen LogP contribution in [0.25, 0.3) is 11.4 Å². The fourth-order valence-corrected chi connectivity index (χ4v) is 3.29. The molecule has 1 aromatic heterocycles. The van der Waals surface area contributed by atoms with E-state index in [4.69, 9.17) is 0 Å². The molecule has 134 valence electrons. The maximum Gasteiger partial charge on any atom is 0.221 e. The van der Waals surface area contributed by atoms with Crippen LogP contribution in [0.4, 0.5) is 4.39 Å². The minimum atomic E-state index is -0.310. The maximum atomic E-state index is 13.5. The number of thioether (sulfide) groups is 1. The molecule has 1 amide bonds. The van der Waals surface area contributed by atoms with Crippen molar-refractivity contribution < 1.29 is 9.18 Å². The van der Waals surface area contributed by atoms with Crippen molar-refractivity contribution in [1.29, 1.82) is 0 Å². The zero-order valence-electron chi connectivity index (χ0n) is 14.4. The van der Waals surface area contributed by atoms with Crippen LogP contribution in [0, 0.1) is 5.82 Å². The smallest absolute Gasteiger partial charge is 0.221 e. The molecule has 3 aromatic rings. The van der Waals surface area contributed by atoms with Crippen LogP contribution in [0.1, 0.15) is 12.0 Å². The summed E-state index contributed by atoms with van der Waals surface area (Å²) < 4.78 is 15.4. The number of hydrogen-bond acceptors (Lipinski definition) is 4. The molecular weight excluding hydrogens is 351 g/mol. The number of aromatic nitrogens is 3. The minimum Gasteiger partial charge on any atom is -0.352 e. The number of halogens is 1. The standard InChI is InChI=1S/C19H19FN4OS/c1-24-18(14-7-3-2-4-8-14)22-23-19(24)26-12-11-17(25)21-13-15-9-5-6-10-16(15)20/h2-10H,11-13H2,1H3,(H,21,25). The number of carbonyl (C=O) groups excluding carboxylic acids is 1. The van der Waals surface area contributed by atoms with E-state index in [1.54, 1.807) is 18.2 Å². The van der Waals surface area contributed by atoms with Gasteiger partial charge in [0.2, 0.25) is 5.91 Å². The van der Waals surface area contributed by atoms with E-state index >= 15 is 0 Å². The summed E-state index contributed by atoms with van der Waals surface area (Å²) in [7, 11) is 1.91. The van der Waals surface area contributed by atoms with Gasteiger partial charge in [-0.25, -0.2) is 4.39 Å². The van der Waals surface area contributed by atoms with E-state index in [9.17, 15) is 9.18 Å². The monoisotopic (exact) mass is 370 g/mol. The van der Waals surface area contributed by atoms with E-state index in [0.717, 1.165) is 16.5 Å². The van der Waals surface area contributed by atoms with Gasteiger partial charge in [0, 0.05) is 36.9 Å². The molecule has 5 nitrogen and oxygen atoms in total. The molecule has 1 heterocycles. The van der Waals surface area contributed by atoms with Gasteiger partial charge in [-0.2, -0.15) is 0 Å². The highest BCUT2D eigenvalue weighted by atomic mass is 32.2. The summed E-state index contributed by atoms with van der Waals surface area (Å²) in [6.07, 6.45) is 0.326. The first-order valence-corrected chi connectivity index (χ1v) is 9.21. The summed E-state index contributed by atoms with van der Waals surface area (Å²) in [5.74, 6) is 0.933. The number of benzene rings is 2. The van der Waals surface area contributed by atoms with Crippen LogP contribution in [-0.4, -0.2) is 26.4 Å². The Hall–Kier alpha value is -2.67. The predicted molar refractivity (Wildman–Crippen MR) is 100 cm³/mol. The van der Waals surface area contributed by atoms with Crippen molar-refractivity contribution in [2.45, 2.75) is 18.1 Å². The van der Waals surface area contributed by atoms with E-state index in [1.807, 2.05) is 41.9 Å². The van der Waals surface area contributed by atoms with Crippen LogP contribution in [0.15, 0.2) is 59.8 Å². The average Bonchev–Trinajstić information content (AvgIpc) is 3.02. The molecule has 0 saturated heterocycles. The molecule has 1 N–H and O–H groups in total. The van der Waals surface area contributed by atoms with Crippen LogP contribution < -0.4 is 5.32 Å². The van der Waals surface area contributed by atoms with Crippen LogP contribution in [0.2, 0.25) is 0 Å². The van der Waals surface area contributed by atoms with E-state index < -0.39 is 0 Å². The third-order valence-electron chi connectivity index (χ3n) is 3.86. The highest BCUT2D eigenvalue weighted by Gasteiger charge is 2.11. The SMILES string of the molecule is Cn1c(SCCC(=O)NCc2ccccc2F)nnc1-c1ccccc1. The Morgan fingerprint density at radius 3 is 2.62 bits per heavy atom. The first-order valence-electron chi connectivity index (χ1n) is 8.23. The van der Waals surface area contributed by atoms with Crippen LogP contribution in [0.5, 0.6) is 0 Å². The second kappa shape index (κ2) is 8.62. The Kier molecular flexibility index (Phi) is 6.01. The molecule has 2 aromatic carbocycles. The number of nitrogens with one attached hydrogen (secondary N) is 1. The Bertz CT molecular complexity index is 882. The third kappa shape index (κ3) is 4.49. The summed E-state index contributed by atoms with van der Waals surface area (Å²) in [5.41, 5.74) is 1.48. The second-order valence-electron chi connectivity index (χ2n) is 5.70. The normalized spacial score (nSPS) is 10.7. The molecule has 0 fully saturated rings. The van der Waals surface area contributed by atoms with Gasteiger partial charge in [-0.3, -0.25) is 4.79 Å². The lowest BCUT2D eigenvalue weighted by Crippen LogP contribution is -2.23. The molecule has 7 heteroatoms. The Balaban J connectivity index is 1.48. The largest absolute Gasteiger partial charge is 0.352 e. The molecule has 26 heavy (non-hydrogen) atoms. The summed E-state index contributed by atoms with van der Waals surface area (Å²) in [6, 6.07) is 16.2. The maximum absolute atomic E-state index is 13.5. The van der Waals surface area contributed by atoms with Crippen molar-refractivity contribution in [3.05, 3.63) is 66.0 Å². The fourth-order valence-electron chi connectivity index (χ4n) is 2.44. The minimum absolute atomic E-state index is 0.119. The Morgan fingerprint density at radius 2 is 1.85 bits per heavy atom. The molecule has 0 bridgehead atoms. The molecule has 0 radical (unpaired) electrons. The summed E-state index contributed by atoms with van der Waals surface area (Å²) in [4.78, 5) is 11.9. The van der Waals surface area contributed by atoms with Gasteiger partial charge in [0.1, 0.15) is 5.82 Å². The van der Waals surface area contributed by atoms with Crippen molar-refractivity contribution in [1.82, 2.24) is 20.1 Å². The third-order valence-corrected chi connectivity index (χ3v) is 4.88. The first-order chi connectivity index (χ1) is 12.6. The Labute approximate surface area is 155 Å². The lowest BCUT2D eigenvalue weighted by molar-refractivity contribution is -0.120. The van der Waals surface area contributed by atoms with Crippen molar-refractivity contribution in [2.24, 2.45) is 7.05 Å². The van der Waals surface area contributed by atoms with Crippen molar-refractivity contribution in [3.8, 4) is 11.4 Å². The van der Waals surface area contributed by atoms with Gasteiger partial charge in [-0.1, -0.05) is 60.3 Å². The molecule has 0 saturated carbocycles. The van der Waals surface area contributed by atoms with Crippen LogP contribution in [0.3, 0.4) is 0 Å². The van der Waals surface area contributed by atoms with Gasteiger partial charge in [0.15, 0.2) is 11.0 Å². The van der Waals surface area contributed by atoms with Crippen LogP contribution in [-0.2, 0) is 18.4 Å². The molecule has 0 atom stereocenters. The number of amides is 1. The summed E-state index contributed by atoms with van der Waals surface area (Å²) in [5, 5.41) is 11.9. The van der Waals surface area contributed by atoms with Crippen molar-refractivity contribution in [2.75, 3.05) is 5.75 Å². The van der Waals surface area contributed by atoms with Gasteiger partial charge in [-0.15, -0.1) is 10.2 Å². The molecule has 0 spiro atoms. The highest BCUT2D eigenvalue weighted by Crippen LogP contribution is 2.22. The quantitative estimate of drug-likeness (QED) is 0.648. The van der Waals surface area contributed by atoms with Crippen molar-refractivity contribution >= 4 is 17.7 Å². The molecule has 3 rings (SSSR count). The van der Waals surface area contributed by atoms with Crippen molar-refractivity contribution in [3.63, 3.8) is 0 Å². The molecule has 0 aliphatic carbocycles. The number of carbonyl (C=O) groups is 1. The first kappa shape index (κ1) is 18.1. The Morgan fingerprint density at radius 1 is 1.12 bits per heavy atom. The van der Waals surface area contributed by atoms with Gasteiger partial charge in [0.25, 0.3) is 0 Å². The molecule has 0 unspecified atom stereocenters. The average molecular weight is 370 g/mol. The van der Waals surface area contributed by atoms with Gasteiger partial charge in [0.05, 0.1) is 0 Å². The predicted octanol–water partition coefficient (Wildman–Crippen LogP) is 3.42. The topological polar surface area (TPSA) is 59.8 Å². The van der Waals surface area contributed by atoms with Crippen LogP contribution >= 0.6 is 11.8 Å².